The second-order valence-corrected chi connectivity index (χ2v) is 7.79. The molecule has 5 heteroatoms. The summed E-state index contributed by atoms with van der Waals surface area (Å²) in [4.78, 5) is 31.1. The van der Waals surface area contributed by atoms with E-state index in [9.17, 15) is 9.59 Å². The average molecular weight is 357 g/mol. The van der Waals surface area contributed by atoms with E-state index in [2.05, 4.69) is 24.0 Å². The summed E-state index contributed by atoms with van der Waals surface area (Å²) < 4.78 is 0. The maximum Gasteiger partial charge on any atom is 0.236 e. The molecule has 2 amide bonds. The Bertz CT molecular complexity index is 632. The van der Waals surface area contributed by atoms with Crippen LogP contribution in [0.15, 0.2) is 24.3 Å². The molecule has 0 spiro atoms. The molecule has 0 N–H and O–H groups in total. The molecule has 2 aliphatic rings. The summed E-state index contributed by atoms with van der Waals surface area (Å²) in [5.74, 6) is 0.598. The topological polar surface area (TPSA) is 43.9 Å². The molecule has 0 unspecified atom stereocenters. The van der Waals surface area contributed by atoms with Gasteiger partial charge in [-0.25, -0.2) is 0 Å². The first-order valence-electron chi connectivity index (χ1n) is 9.84. The van der Waals surface area contributed by atoms with Crippen LogP contribution >= 0.6 is 0 Å². The fourth-order valence-corrected chi connectivity index (χ4v) is 4.04. The Kier molecular flexibility index (Phi) is 6.30. The van der Waals surface area contributed by atoms with Crippen molar-refractivity contribution in [3.63, 3.8) is 0 Å². The summed E-state index contributed by atoms with van der Waals surface area (Å²) >= 11 is 0. The largest absolute Gasteiger partial charge is 0.342 e. The predicted octanol–water partition coefficient (Wildman–Crippen LogP) is 2.29. The first-order valence-corrected chi connectivity index (χ1v) is 9.84. The molecule has 2 saturated heterocycles. The van der Waals surface area contributed by atoms with Crippen molar-refractivity contribution in [2.75, 3.05) is 39.8 Å². The standard InChI is InChI=1S/C21H31N3O2/c1-17-7-3-4-8-19(17)15-22(2)16-20(25)23-13-9-18(10-14-23)21(26)24-11-5-6-12-24/h3-4,7-8,18H,5-6,9-16H2,1-2H3. The predicted molar refractivity (Wildman–Crippen MR) is 103 cm³/mol. The Labute approximate surface area is 156 Å². The Balaban J connectivity index is 1.44. The highest BCUT2D eigenvalue weighted by molar-refractivity contribution is 5.81. The normalized spacial score (nSPS) is 18.6. The molecule has 26 heavy (non-hydrogen) atoms. The highest BCUT2D eigenvalue weighted by atomic mass is 16.2. The Morgan fingerprint density at radius 2 is 1.69 bits per heavy atom. The summed E-state index contributed by atoms with van der Waals surface area (Å²) in [5.41, 5.74) is 2.52. The minimum atomic E-state index is 0.113. The van der Waals surface area contributed by atoms with E-state index in [1.54, 1.807) is 0 Å². The molecule has 1 aromatic rings. The van der Waals surface area contributed by atoms with Crippen LogP contribution in [0, 0.1) is 12.8 Å². The lowest BCUT2D eigenvalue weighted by Crippen LogP contribution is -2.46. The highest BCUT2D eigenvalue weighted by Gasteiger charge is 2.31. The lowest BCUT2D eigenvalue weighted by Gasteiger charge is -2.34. The smallest absolute Gasteiger partial charge is 0.236 e. The molecular weight excluding hydrogens is 326 g/mol. The zero-order valence-electron chi connectivity index (χ0n) is 16.1. The van der Waals surface area contributed by atoms with Gasteiger partial charge in [0.15, 0.2) is 0 Å². The Morgan fingerprint density at radius 3 is 2.35 bits per heavy atom. The quantitative estimate of drug-likeness (QED) is 0.812. The van der Waals surface area contributed by atoms with Crippen molar-refractivity contribution in [2.24, 2.45) is 5.92 Å². The van der Waals surface area contributed by atoms with Crippen molar-refractivity contribution in [3.8, 4) is 0 Å². The van der Waals surface area contributed by atoms with Gasteiger partial charge in [-0.05, 0) is 50.8 Å². The minimum Gasteiger partial charge on any atom is -0.342 e. The molecule has 0 atom stereocenters. The number of nitrogens with zero attached hydrogens (tertiary/aromatic N) is 3. The van der Waals surface area contributed by atoms with Gasteiger partial charge in [-0.3, -0.25) is 14.5 Å². The Morgan fingerprint density at radius 1 is 1.04 bits per heavy atom. The lowest BCUT2D eigenvalue weighted by atomic mass is 9.95. The first kappa shape index (κ1) is 18.9. The van der Waals surface area contributed by atoms with Crippen molar-refractivity contribution in [3.05, 3.63) is 35.4 Å². The summed E-state index contributed by atoms with van der Waals surface area (Å²) in [6.07, 6.45) is 3.89. The third kappa shape index (κ3) is 4.64. The van der Waals surface area contributed by atoms with Gasteiger partial charge in [0.05, 0.1) is 6.54 Å². The molecule has 3 rings (SSSR count). The maximum absolute atomic E-state index is 12.6. The van der Waals surface area contributed by atoms with Crippen molar-refractivity contribution < 1.29 is 9.59 Å². The van der Waals surface area contributed by atoms with Gasteiger partial charge < -0.3 is 9.80 Å². The number of carbonyl (C=O) groups is 2. The van der Waals surface area contributed by atoms with E-state index in [1.165, 1.54) is 11.1 Å². The van der Waals surface area contributed by atoms with E-state index in [0.717, 1.165) is 45.3 Å². The monoisotopic (exact) mass is 357 g/mol. The lowest BCUT2D eigenvalue weighted by molar-refractivity contribution is -0.140. The van der Waals surface area contributed by atoms with Gasteiger partial charge >= 0.3 is 0 Å². The second-order valence-electron chi connectivity index (χ2n) is 7.79. The van der Waals surface area contributed by atoms with Crippen LogP contribution in [0.1, 0.15) is 36.8 Å². The van der Waals surface area contributed by atoms with Gasteiger partial charge in [-0.2, -0.15) is 0 Å². The molecule has 0 saturated carbocycles. The third-order valence-electron chi connectivity index (χ3n) is 5.72. The molecule has 0 aliphatic carbocycles. The number of hydrogen-bond acceptors (Lipinski definition) is 3. The molecule has 2 fully saturated rings. The van der Waals surface area contributed by atoms with Crippen LogP contribution in [-0.2, 0) is 16.1 Å². The average Bonchev–Trinajstić information content (AvgIpc) is 3.18. The van der Waals surface area contributed by atoms with E-state index >= 15 is 0 Å². The number of amides is 2. The third-order valence-corrected chi connectivity index (χ3v) is 5.72. The highest BCUT2D eigenvalue weighted by Crippen LogP contribution is 2.22. The molecule has 0 bridgehead atoms. The zero-order valence-corrected chi connectivity index (χ0v) is 16.1. The second kappa shape index (κ2) is 8.67. The summed E-state index contributed by atoms with van der Waals surface area (Å²) in [7, 11) is 1.99. The van der Waals surface area contributed by atoms with E-state index < -0.39 is 0 Å². The van der Waals surface area contributed by atoms with Gasteiger partial charge in [0.2, 0.25) is 11.8 Å². The molecule has 5 nitrogen and oxygen atoms in total. The van der Waals surface area contributed by atoms with Crippen molar-refractivity contribution >= 4 is 11.8 Å². The van der Waals surface area contributed by atoms with Gasteiger partial charge in [0.25, 0.3) is 0 Å². The molecule has 142 valence electrons. The number of hydrogen-bond donors (Lipinski definition) is 0. The fourth-order valence-electron chi connectivity index (χ4n) is 4.04. The zero-order chi connectivity index (χ0) is 18.5. The van der Waals surface area contributed by atoms with Crippen LogP contribution in [0.2, 0.25) is 0 Å². The SMILES string of the molecule is Cc1ccccc1CN(C)CC(=O)N1CCC(C(=O)N2CCCC2)CC1. The van der Waals surface area contributed by atoms with Crippen LogP contribution in [0.25, 0.3) is 0 Å². The molecular formula is C21H31N3O2. The van der Waals surface area contributed by atoms with Crippen molar-refractivity contribution in [2.45, 2.75) is 39.2 Å². The summed E-state index contributed by atoms with van der Waals surface area (Å²) in [6.45, 7) is 6.57. The van der Waals surface area contributed by atoms with E-state index in [4.69, 9.17) is 0 Å². The van der Waals surface area contributed by atoms with E-state index in [-0.39, 0.29) is 11.8 Å². The van der Waals surface area contributed by atoms with Gasteiger partial charge in [0, 0.05) is 38.6 Å². The molecule has 2 aliphatic heterocycles. The molecule has 0 aromatic heterocycles. The van der Waals surface area contributed by atoms with Crippen molar-refractivity contribution in [1.29, 1.82) is 0 Å². The van der Waals surface area contributed by atoms with Crippen LogP contribution in [0.4, 0.5) is 0 Å². The summed E-state index contributed by atoms with van der Waals surface area (Å²) in [5, 5.41) is 0. The maximum atomic E-state index is 12.6. The minimum absolute atomic E-state index is 0.113. The van der Waals surface area contributed by atoms with Crippen molar-refractivity contribution in [1.82, 2.24) is 14.7 Å². The number of likely N-dealkylation sites (N-methyl/N-ethyl adjacent to an activating group) is 1. The van der Waals surface area contributed by atoms with Crippen LogP contribution in [0.5, 0.6) is 0 Å². The fraction of sp³-hybridized carbons (Fsp3) is 0.619. The van der Waals surface area contributed by atoms with Crippen LogP contribution < -0.4 is 0 Å². The number of benzene rings is 1. The summed E-state index contributed by atoms with van der Waals surface area (Å²) in [6, 6.07) is 8.30. The van der Waals surface area contributed by atoms with E-state index in [1.807, 2.05) is 29.0 Å². The number of carbonyl (C=O) groups excluding carboxylic acids is 2. The van der Waals surface area contributed by atoms with Gasteiger partial charge in [-0.1, -0.05) is 24.3 Å². The number of aryl methyl sites for hydroxylation is 1. The van der Waals surface area contributed by atoms with Gasteiger partial charge in [-0.15, -0.1) is 0 Å². The van der Waals surface area contributed by atoms with Gasteiger partial charge in [0.1, 0.15) is 0 Å². The molecule has 1 aromatic carbocycles. The molecule has 0 radical (unpaired) electrons. The number of rotatable bonds is 5. The number of piperidine rings is 1. The van der Waals surface area contributed by atoms with E-state index in [0.29, 0.717) is 25.5 Å². The molecule has 2 heterocycles. The van der Waals surface area contributed by atoms with Crippen LogP contribution in [-0.4, -0.2) is 66.3 Å². The van der Waals surface area contributed by atoms with Crippen LogP contribution in [0.3, 0.4) is 0 Å². The first-order chi connectivity index (χ1) is 12.5. The Hall–Kier alpha value is -1.88. The number of likely N-dealkylation sites (tertiary alicyclic amines) is 2.